The summed E-state index contributed by atoms with van der Waals surface area (Å²) in [7, 11) is 0. The second-order valence-corrected chi connectivity index (χ2v) is 5.49. The first-order valence-electron chi connectivity index (χ1n) is 6.89. The zero-order valence-electron chi connectivity index (χ0n) is 12.1. The predicted molar refractivity (Wildman–Crippen MR) is 86.2 cm³/mol. The van der Waals surface area contributed by atoms with Crippen LogP contribution in [0.1, 0.15) is 11.7 Å². The van der Waals surface area contributed by atoms with Gasteiger partial charge in [0.05, 0.1) is 11.1 Å². The molecular weight excluding hydrogens is 343 g/mol. The predicted octanol–water partition coefficient (Wildman–Crippen LogP) is 3.87. The van der Waals surface area contributed by atoms with Crippen LogP contribution >= 0.6 is 11.6 Å². The zero-order chi connectivity index (χ0) is 17.4. The molecule has 0 radical (unpaired) electrons. The lowest BCUT2D eigenvalue weighted by molar-refractivity contribution is 0.0496. The summed E-state index contributed by atoms with van der Waals surface area (Å²) in [6, 6.07) is 8.83. The Bertz CT molecular complexity index is 974. The summed E-state index contributed by atoms with van der Waals surface area (Å²) < 4.78 is 40.3. The molecule has 1 atom stereocenters. The Kier molecular flexibility index (Phi) is 4.19. The summed E-state index contributed by atoms with van der Waals surface area (Å²) in [6.45, 7) is 0. The standard InChI is InChI=1S/C16H11ClF3N3O/c17-10-4-2-1-3-9(10)12-11-7-8(13(18)14(19)20)5-6-23(11)16(21)22-15(12)24/h1-7,13-14H,(H2,21,22,24). The average Bonchev–Trinajstić information content (AvgIpc) is 2.55. The van der Waals surface area contributed by atoms with Crippen molar-refractivity contribution >= 4 is 23.1 Å². The highest BCUT2D eigenvalue weighted by Gasteiger charge is 2.23. The van der Waals surface area contributed by atoms with Crippen molar-refractivity contribution in [2.45, 2.75) is 12.6 Å². The molecule has 3 aromatic rings. The van der Waals surface area contributed by atoms with E-state index in [0.29, 0.717) is 5.56 Å². The quantitative estimate of drug-likeness (QED) is 0.777. The summed E-state index contributed by atoms with van der Waals surface area (Å²) in [4.78, 5) is 16.0. The summed E-state index contributed by atoms with van der Waals surface area (Å²) >= 11 is 6.12. The normalized spacial score (nSPS) is 12.7. The largest absolute Gasteiger partial charge is 0.369 e. The molecule has 3 rings (SSSR count). The Morgan fingerprint density at radius 1 is 1.17 bits per heavy atom. The van der Waals surface area contributed by atoms with Gasteiger partial charge in [-0.3, -0.25) is 9.20 Å². The number of aromatic nitrogens is 2. The van der Waals surface area contributed by atoms with Crippen molar-refractivity contribution < 1.29 is 13.2 Å². The van der Waals surface area contributed by atoms with Crippen LogP contribution in [0.3, 0.4) is 0 Å². The summed E-state index contributed by atoms with van der Waals surface area (Å²) in [5.41, 5.74) is 5.35. The highest BCUT2D eigenvalue weighted by molar-refractivity contribution is 6.33. The highest BCUT2D eigenvalue weighted by Crippen LogP contribution is 2.31. The summed E-state index contributed by atoms with van der Waals surface area (Å²) in [5, 5.41) is 0.277. The van der Waals surface area contributed by atoms with E-state index in [2.05, 4.69) is 4.98 Å². The number of fused-ring (bicyclic) bond motifs is 1. The van der Waals surface area contributed by atoms with Crippen LogP contribution in [0.5, 0.6) is 0 Å². The maximum Gasteiger partial charge on any atom is 0.283 e. The van der Waals surface area contributed by atoms with Gasteiger partial charge in [0.25, 0.3) is 12.0 Å². The van der Waals surface area contributed by atoms with Crippen LogP contribution in [0.25, 0.3) is 16.6 Å². The molecule has 0 spiro atoms. The van der Waals surface area contributed by atoms with Gasteiger partial charge < -0.3 is 5.73 Å². The maximum atomic E-state index is 13.7. The van der Waals surface area contributed by atoms with Crippen molar-refractivity contribution in [2.75, 3.05) is 5.73 Å². The smallest absolute Gasteiger partial charge is 0.283 e. The SMILES string of the molecule is Nc1nc(=O)c(-c2ccccc2Cl)c2cc(C(F)C(F)F)ccn12. The third-order valence-electron chi connectivity index (χ3n) is 3.59. The van der Waals surface area contributed by atoms with Crippen molar-refractivity contribution in [3.05, 3.63) is 63.5 Å². The van der Waals surface area contributed by atoms with Gasteiger partial charge in [-0.15, -0.1) is 0 Å². The van der Waals surface area contributed by atoms with Gasteiger partial charge in [-0.25, -0.2) is 13.2 Å². The minimum atomic E-state index is -3.18. The fourth-order valence-corrected chi connectivity index (χ4v) is 2.70. The number of rotatable bonds is 3. The van der Waals surface area contributed by atoms with Crippen LogP contribution in [0.15, 0.2) is 47.4 Å². The van der Waals surface area contributed by atoms with E-state index in [-0.39, 0.29) is 27.6 Å². The molecule has 124 valence electrons. The maximum absolute atomic E-state index is 13.7. The Labute approximate surface area is 139 Å². The topological polar surface area (TPSA) is 60.4 Å². The minimum Gasteiger partial charge on any atom is -0.369 e. The number of nitrogen functional groups attached to an aromatic ring is 1. The Hall–Kier alpha value is -2.54. The fourth-order valence-electron chi connectivity index (χ4n) is 2.47. The molecule has 0 bridgehead atoms. The van der Waals surface area contributed by atoms with Crippen molar-refractivity contribution in [3.63, 3.8) is 0 Å². The Morgan fingerprint density at radius 3 is 2.54 bits per heavy atom. The highest BCUT2D eigenvalue weighted by atomic mass is 35.5. The molecule has 2 N–H and O–H groups in total. The number of hydrogen-bond donors (Lipinski definition) is 1. The van der Waals surface area contributed by atoms with Gasteiger partial charge in [0.15, 0.2) is 6.17 Å². The van der Waals surface area contributed by atoms with Crippen LogP contribution in [0.2, 0.25) is 5.02 Å². The van der Waals surface area contributed by atoms with Gasteiger partial charge in [-0.05, 0) is 23.8 Å². The molecule has 0 amide bonds. The van der Waals surface area contributed by atoms with E-state index in [1.165, 1.54) is 16.7 Å². The van der Waals surface area contributed by atoms with Gasteiger partial charge >= 0.3 is 0 Å². The van der Waals surface area contributed by atoms with Crippen molar-refractivity contribution in [1.82, 2.24) is 9.38 Å². The monoisotopic (exact) mass is 353 g/mol. The van der Waals surface area contributed by atoms with Gasteiger partial charge in [-0.1, -0.05) is 29.8 Å². The lowest BCUT2D eigenvalue weighted by atomic mass is 10.0. The first-order valence-corrected chi connectivity index (χ1v) is 7.27. The lowest BCUT2D eigenvalue weighted by Gasteiger charge is -2.13. The van der Waals surface area contributed by atoms with Gasteiger partial charge in [-0.2, -0.15) is 4.98 Å². The first-order chi connectivity index (χ1) is 11.4. The van der Waals surface area contributed by atoms with E-state index in [9.17, 15) is 18.0 Å². The van der Waals surface area contributed by atoms with E-state index < -0.39 is 18.2 Å². The van der Waals surface area contributed by atoms with Crippen molar-refractivity contribution in [2.24, 2.45) is 0 Å². The first kappa shape index (κ1) is 16.3. The van der Waals surface area contributed by atoms with E-state index in [1.807, 2.05) is 0 Å². The average molecular weight is 354 g/mol. The number of hydrogen-bond acceptors (Lipinski definition) is 3. The number of anilines is 1. The summed E-state index contributed by atoms with van der Waals surface area (Å²) in [5.74, 6) is -0.134. The van der Waals surface area contributed by atoms with Crippen LogP contribution in [-0.2, 0) is 0 Å². The zero-order valence-corrected chi connectivity index (χ0v) is 12.8. The molecule has 1 unspecified atom stereocenters. The molecule has 0 saturated heterocycles. The number of pyridine rings is 1. The molecule has 24 heavy (non-hydrogen) atoms. The number of alkyl halides is 3. The molecule has 0 aliphatic carbocycles. The number of benzene rings is 1. The molecule has 0 aliphatic rings. The van der Waals surface area contributed by atoms with Gasteiger partial charge in [0, 0.05) is 16.8 Å². The third-order valence-corrected chi connectivity index (χ3v) is 3.92. The molecular formula is C16H11ClF3N3O. The van der Waals surface area contributed by atoms with E-state index in [0.717, 1.165) is 6.07 Å². The molecule has 2 aromatic heterocycles. The summed E-state index contributed by atoms with van der Waals surface area (Å²) in [6.07, 6.45) is -4.36. The van der Waals surface area contributed by atoms with Crippen LogP contribution in [0, 0.1) is 0 Å². The molecule has 0 saturated carbocycles. The molecule has 2 heterocycles. The van der Waals surface area contributed by atoms with E-state index in [4.69, 9.17) is 17.3 Å². The Morgan fingerprint density at radius 2 is 1.88 bits per heavy atom. The lowest BCUT2D eigenvalue weighted by Crippen LogP contribution is -2.17. The van der Waals surface area contributed by atoms with Crippen LogP contribution in [-0.4, -0.2) is 15.8 Å². The van der Waals surface area contributed by atoms with Crippen LogP contribution < -0.4 is 11.3 Å². The third kappa shape index (κ3) is 2.71. The van der Waals surface area contributed by atoms with Crippen molar-refractivity contribution in [3.8, 4) is 11.1 Å². The molecule has 8 heteroatoms. The number of nitrogens with two attached hydrogens (primary N) is 1. The molecule has 1 aromatic carbocycles. The minimum absolute atomic E-state index is 0.0677. The van der Waals surface area contributed by atoms with Crippen molar-refractivity contribution in [1.29, 1.82) is 0 Å². The second kappa shape index (κ2) is 6.16. The molecule has 0 aliphatic heterocycles. The molecule has 0 fully saturated rings. The number of halogens is 4. The molecule has 4 nitrogen and oxygen atoms in total. The Balaban J connectivity index is 2.38. The van der Waals surface area contributed by atoms with E-state index >= 15 is 0 Å². The van der Waals surface area contributed by atoms with E-state index in [1.54, 1.807) is 24.3 Å². The van der Waals surface area contributed by atoms with Crippen LogP contribution in [0.4, 0.5) is 19.1 Å². The van der Waals surface area contributed by atoms with Gasteiger partial charge in [0.2, 0.25) is 5.95 Å². The van der Waals surface area contributed by atoms with Gasteiger partial charge in [0.1, 0.15) is 0 Å². The fraction of sp³-hybridized carbons (Fsp3) is 0.125. The second-order valence-electron chi connectivity index (χ2n) is 5.08. The number of nitrogens with zero attached hydrogens (tertiary/aromatic N) is 2.